The number of aliphatic carboxylic acids is 1. The van der Waals surface area contributed by atoms with Gasteiger partial charge in [-0.1, -0.05) is 39.2 Å². The van der Waals surface area contributed by atoms with E-state index in [1.807, 2.05) is 45.3 Å². The standard InChI is InChI=1S/C27H40N4O3/c1-5-19-16-28-26(29-17-19)30-23-14-21(20(6-2)15-25(32)33)12-13-24(23)31(18-27(3,4)34)22-10-8-7-9-11-22/h12-14,16-17,20,22,34H,5-11,15,18H2,1-4H3,(H,32,33)(H,28,29,30)/t20-/m1/s1. The minimum Gasteiger partial charge on any atom is -0.481 e. The Morgan fingerprint density at radius 3 is 2.41 bits per heavy atom. The van der Waals surface area contributed by atoms with Crippen molar-refractivity contribution in [2.24, 2.45) is 0 Å². The van der Waals surface area contributed by atoms with Crippen molar-refractivity contribution in [3.63, 3.8) is 0 Å². The van der Waals surface area contributed by atoms with E-state index < -0.39 is 11.6 Å². The summed E-state index contributed by atoms with van der Waals surface area (Å²) in [4.78, 5) is 22.8. The SMILES string of the molecule is CCc1cnc(Nc2cc([C@H](CC)CC(=O)O)ccc2N(CC(C)(C)O)C2CCCCC2)nc1. The van der Waals surface area contributed by atoms with Crippen LogP contribution < -0.4 is 10.2 Å². The normalized spacial score (nSPS) is 15.7. The molecule has 1 aliphatic carbocycles. The van der Waals surface area contributed by atoms with E-state index in [4.69, 9.17) is 0 Å². The summed E-state index contributed by atoms with van der Waals surface area (Å²) in [5.41, 5.74) is 3.03. The molecule has 7 nitrogen and oxygen atoms in total. The van der Waals surface area contributed by atoms with Gasteiger partial charge in [-0.15, -0.1) is 0 Å². The average molecular weight is 469 g/mol. The second-order valence-electron chi connectivity index (χ2n) is 10.1. The van der Waals surface area contributed by atoms with E-state index in [0.717, 1.165) is 48.2 Å². The average Bonchev–Trinajstić information content (AvgIpc) is 2.81. The Balaban J connectivity index is 2.05. The predicted molar refractivity (Wildman–Crippen MR) is 137 cm³/mol. The maximum Gasteiger partial charge on any atom is 0.303 e. The van der Waals surface area contributed by atoms with Crippen molar-refractivity contribution in [1.29, 1.82) is 0 Å². The highest BCUT2D eigenvalue weighted by molar-refractivity contribution is 5.76. The molecule has 1 saturated carbocycles. The second kappa shape index (κ2) is 11.6. The fourth-order valence-electron chi connectivity index (χ4n) is 4.81. The van der Waals surface area contributed by atoms with Crippen LogP contribution in [0, 0.1) is 0 Å². The highest BCUT2D eigenvalue weighted by Crippen LogP contribution is 2.37. The molecule has 2 aromatic rings. The Kier molecular flexibility index (Phi) is 8.89. The number of aliphatic hydroxyl groups is 1. The Labute approximate surface area is 203 Å². The summed E-state index contributed by atoms with van der Waals surface area (Å²) in [6.07, 6.45) is 11.2. The van der Waals surface area contributed by atoms with Gasteiger partial charge < -0.3 is 20.4 Å². The maximum absolute atomic E-state index is 11.4. The van der Waals surface area contributed by atoms with Gasteiger partial charge in [0.1, 0.15) is 0 Å². The van der Waals surface area contributed by atoms with Crippen LogP contribution in [0.25, 0.3) is 0 Å². The highest BCUT2D eigenvalue weighted by Gasteiger charge is 2.29. The minimum atomic E-state index is -0.859. The van der Waals surface area contributed by atoms with Crippen molar-refractivity contribution in [3.8, 4) is 0 Å². The minimum absolute atomic E-state index is 0.0760. The highest BCUT2D eigenvalue weighted by atomic mass is 16.4. The Bertz CT molecular complexity index is 934. The Hall–Kier alpha value is -2.67. The van der Waals surface area contributed by atoms with Crippen LogP contribution >= 0.6 is 0 Å². The van der Waals surface area contributed by atoms with Crippen molar-refractivity contribution < 1.29 is 15.0 Å². The van der Waals surface area contributed by atoms with Gasteiger partial charge in [0.05, 0.1) is 23.4 Å². The second-order valence-corrected chi connectivity index (χ2v) is 10.1. The lowest BCUT2D eigenvalue weighted by atomic mass is 9.90. The van der Waals surface area contributed by atoms with Crippen LogP contribution in [0.5, 0.6) is 0 Å². The van der Waals surface area contributed by atoms with E-state index in [1.54, 1.807) is 0 Å². The molecule has 1 heterocycles. The quantitative estimate of drug-likeness (QED) is 0.391. The zero-order chi connectivity index (χ0) is 24.7. The lowest BCUT2D eigenvalue weighted by Gasteiger charge is -2.40. The summed E-state index contributed by atoms with van der Waals surface area (Å²) in [5.74, 6) is -0.364. The molecule has 0 unspecified atom stereocenters. The van der Waals surface area contributed by atoms with Crippen LogP contribution in [0.1, 0.15) is 89.7 Å². The van der Waals surface area contributed by atoms with Crippen LogP contribution in [0.3, 0.4) is 0 Å². The summed E-state index contributed by atoms with van der Waals surface area (Å²) in [7, 11) is 0. The summed E-state index contributed by atoms with van der Waals surface area (Å²) in [5, 5.41) is 23.6. The van der Waals surface area contributed by atoms with Gasteiger partial charge in [-0.2, -0.15) is 0 Å². The fraction of sp³-hybridized carbons (Fsp3) is 0.593. The molecular formula is C27H40N4O3. The van der Waals surface area contributed by atoms with E-state index in [-0.39, 0.29) is 12.3 Å². The van der Waals surface area contributed by atoms with Gasteiger partial charge in [0, 0.05) is 25.0 Å². The van der Waals surface area contributed by atoms with Crippen molar-refractivity contribution in [2.45, 2.75) is 96.6 Å². The van der Waals surface area contributed by atoms with Gasteiger partial charge in [-0.3, -0.25) is 4.79 Å². The summed E-state index contributed by atoms with van der Waals surface area (Å²) >= 11 is 0. The fourth-order valence-corrected chi connectivity index (χ4v) is 4.81. The van der Waals surface area contributed by atoms with E-state index in [0.29, 0.717) is 18.5 Å². The third kappa shape index (κ3) is 7.16. The topological polar surface area (TPSA) is 98.6 Å². The van der Waals surface area contributed by atoms with Gasteiger partial charge in [0.2, 0.25) is 5.95 Å². The first-order chi connectivity index (χ1) is 16.2. The first kappa shape index (κ1) is 25.9. The van der Waals surface area contributed by atoms with Gasteiger partial charge in [0.15, 0.2) is 0 Å². The first-order valence-corrected chi connectivity index (χ1v) is 12.6. The number of hydrogen-bond donors (Lipinski definition) is 3. The van der Waals surface area contributed by atoms with Gasteiger partial charge in [-0.05, 0) is 68.7 Å². The number of rotatable bonds is 11. The predicted octanol–water partition coefficient (Wildman–Crippen LogP) is 5.66. The molecule has 3 rings (SSSR count). The molecular weight excluding hydrogens is 428 g/mol. The van der Waals surface area contributed by atoms with Crippen LogP contribution in [-0.4, -0.2) is 44.3 Å². The molecule has 0 bridgehead atoms. The number of carboxylic acids is 1. The number of aromatic nitrogens is 2. The number of benzene rings is 1. The monoisotopic (exact) mass is 468 g/mol. The summed E-state index contributed by atoms with van der Waals surface area (Å²) in [6, 6.07) is 6.50. The lowest BCUT2D eigenvalue weighted by molar-refractivity contribution is -0.137. The van der Waals surface area contributed by atoms with Crippen molar-refractivity contribution in [1.82, 2.24) is 9.97 Å². The van der Waals surface area contributed by atoms with Crippen molar-refractivity contribution in [2.75, 3.05) is 16.8 Å². The molecule has 186 valence electrons. The zero-order valence-corrected chi connectivity index (χ0v) is 21.0. The van der Waals surface area contributed by atoms with E-state index in [1.165, 1.54) is 19.3 Å². The molecule has 1 aliphatic rings. The van der Waals surface area contributed by atoms with E-state index in [9.17, 15) is 15.0 Å². The van der Waals surface area contributed by atoms with Crippen LogP contribution in [0.15, 0.2) is 30.6 Å². The van der Waals surface area contributed by atoms with Crippen LogP contribution in [0.4, 0.5) is 17.3 Å². The smallest absolute Gasteiger partial charge is 0.303 e. The van der Waals surface area contributed by atoms with E-state index in [2.05, 4.69) is 33.2 Å². The lowest BCUT2D eigenvalue weighted by Crippen LogP contribution is -2.45. The Morgan fingerprint density at radius 2 is 1.85 bits per heavy atom. The molecule has 1 aromatic carbocycles. The summed E-state index contributed by atoms with van der Waals surface area (Å²) < 4.78 is 0. The van der Waals surface area contributed by atoms with Crippen LogP contribution in [0.2, 0.25) is 0 Å². The molecule has 0 spiro atoms. The van der Waals surface area contributed by atoms with Crippen molar-refractivity contribution in [3.05, 3.63) is 41.7 Å². The molecule has 0 amide bonds. The molecule has 1 aromatic heterocycles. The molecule has 1 fully saturated rings. The first-order valence-electron chi connectivity index (χ1n) is 12.6. The number of nitrogens with zero attached hydrogens (tertiary/aromatic N) is 3. The number of carbonyl (C=O) groups is 1. The molecule has 0 radical (unpaired) electrons. The third-order valence-corrected chi connectivity index (χ3v) is 6.65. The molecule has 0 aliphatic heterocycles. The van der Waals surface area contributed by atoms with Gasteiger partial charge >= 0.3 is 5.97 Å². The molecule has 3 N–H and O–H groups in total. The van der Waals surface area contributed by atoms with Crippen molar-refractivity contribution >= 4 is 23.3 Å². The maximum atomic E-state index is 11.4. The van der Waals surface area contributed by atoms with Gasteiger partial charge in [-0.25, -0.2) is 9.97 Å². The molecule has 1 atom stereocenters. The number of aryl methyl sites for hydroxylation is 1. The number of nitrogens with one attached hydrogen (secondary N) is 1. The zero-order valence-electron chi connectivity index (χ0n) is 21.0. The third-order valence-electron chi connectivity index (χ3n) is 6.65. The molecule has 34 heavy (non-hydrogen) atoms. The number of carboxylic acid groups (broad SMARTS) is 1. The number of anilines is 3. The van der Waals surface area contributed by atoms with E-state index >= 15 is 0 Å². The summed E-state index contributed by atoms with van der Waals surface area (Å²) in [6.45, 7) is 8.28. The number of hydrogen-bond acceptors (Lipinski definition) is 6. The van der Waals surface area contributed by atoms with Gasteiger partial charge in [0.25, 0.3) is 0 Å². The molecule has 7 heteroatoms. The molecule has 0 saturated heterocycles. The largest absolute Gasteiger partial charge is 0.481 e. The Morgan fingerprint density at radius 1 is 1.18 bits per heavy atom. The van der Waals surface area contributed by atoms with Crippen LogP contribution in [-0.2, 0) is 11.2 Å².